The summed E-state index contributed by atoms with van der Waals surface area (Å²) in [4.78, 5) is 24.3. The molecule has 0 bridgehead atoms. The van der Waals surface area contributed by atoms with Crippen LogP contribution in [0.3, 0.4) is 0 Å². The van der Waals surface area contributed by atoms with Crippen molar-refractivity contribution in [2.24, 2.45) is 0 Å². The van der Waals surface area contributed by atoms with Crippen LogP contribution < -0.4 is 11.1 Å². The van der Waals surface area contributed by atoms with Gasteiger partial charge in [0.25, 0.3) is 0 Å². The predicted molar refractivity (Wildman–Crippen MR) is 82.8 cm³/mol. The molecular formula is C14H19N3O4S. The number of hydrogen-bond acceptors (Lipinski definition) is 6. The zero-order chi connectivity index (χ0) is 15.9. The third-order valence-electron chi connectivity index (χ3n) is 2.82. The molecule has 0 aliphatic rings. The summed E-state index contributed by atoms with van der Waals surface area (Å²) < 4.78 is 11.3. The first-order valence-electron chi connectivity index (χ1n) is 7.06. The third-order valence-corrected chi connectivity index (χ3v) is 3.69. The fourth-order valence-electron chi connectivity index (χ4n) is 1.81. The quantitative estimate of drug-likeness (QED) is 0.743. The highest BCUT2D eigenvalue weighted by molar-refractivity contribution is 7.13. The van der Waals surface area contributed by atoms with E-state index in [0.717, 1.165) is 11.3 Å². The van der Waals surface area contributed by atoms with Crippen LogP contribution in [0.15, 0.2) is 26.8 Å². The summed E-state index contributed by atoms with van der Waals surface area (Å²) in [7, 11) is 0. The lowest BCUT2D eigenvalue weighted by atomic mass is 10.4. The number of aromatic nitrogens is 2. The molecule has 0 atom stereocenters. The van der Waals surface area contributed by atoms with Gasteiger partial charge >= 0.3 is 5.76 Å². The number of hydrogen-bond donors (Lipinski definition) is 1. The number of carbonyl (C=O) groups is 1. The summed E-state index contributed by atoms with van der Waals surface area (Å²) in [5.74, 6) is -0.521. The molecule has 0 spiro atoms. The molecule has 0 unspecified atom stereocenters. The average molecular weight is 325 g/mol. The van der Waals surface area contributed by atoms with Gasteiger partial charge in [-0.3, -0.25) is 9.32 Å². The van der Waals surface area contributed by atoms with Crippen LogP contribution in [0.4, 0.5) is 0 Å². The maximum atomic E-state index is 11.9. The van der Waals surface area contributed by atoms with Gasteiger partial charge in [0.2, 0.25) is 5.91 Å². The largest absolute Gasteiger partial charge is 0.442 e. The first-order valence-corrected chi connectivity index (χ1v) is 7.94. The van der Waals surface area contributed by atoms with Crippen LogP contribution in [-0.4, -0.2) is 34.9 Å². The van der Waals surface area contributed by atoms with Gasteiger partial charge in [-0.25, -0.2) is 9.36 Å². The van der Waals surface area contributed by atoms with E-state index in [1.165, 1.54) is 15.9 Å². The van der Waals surface area contributed by atoms with Gasteiger partial charge in [-0.05, 0) is 31.7 Å². The van der Waals surface area contributed by atoms with Crippen molar-refractivity contribution in [3.8, 4) is 10.7 Å². The molecule has 2 aromatic heterocycles. The third kappa shape index (κ3) is 4.54. The first-order chi connectivity index (χ1) is 10.6. The molecule has 0 saturated heterocycles. The molecule has 120 valence electrons. The van der Waals surface area contributed by atoms with Crippen molar-refractivity contribution in [3.63, 3.8) is 0 Å². The summed E-state index contributed by atoms with van der Waals surface area (Å²) >= 11 is 1.43. The minimum absolute atomic E-state index is 0.111. The van der Waals surface area contributed by atoms with Crippen LogP contribution in [0, 0.1) is 0 Å². The number of amides is 1. The van der Waals surface area contributed by atoms with E-state index in [4.69, 9.17) is 4.74 Å². The van der Waals surface area contributed by atoms with Crippen molar-refractivity contribution < 1.29 is 14.1 Å². The van der Waals surface area contributed by atoms with Gasteiger partial charge < -0.3 is 10.1 Å². The molecule has 2 rings (SSSR count). The Bertz CT molecular complexity index is 645. The van der Waals surface area contributed by atoms with E-state index in [0.29, 0.717) is 19.0 Å². The number of nitrogens with zero attached hydrogens (tertiary/aromatic N) is 2. The van der Waals surface area contributed by atoms with Gasteiger partial charge in [0.1, 0.15) is 6.54 Å². The van der Waals surface area contributed by atoms with E-state index in [2.05, 4.69) is 15.0 Å². The Labute approximate surface area is 131 Å². The SMILES string of the molecule is CC(C)OCCCNC(=O)Cn1c(-c2cccs2)noc1=O. The summed E-state index contributed by atoms with van der Waals surface area (Å²) in [6.07, 6.45) is 0.903. The molecule has 0 aromatic carbocycles. The van der Waals surface area contributed by atoms with Crippen LogP contribution in [0.5, 0.6) is 0 Å². The second-order valence-electron chi connectivity index (χ2n) is 4.96. The van der Waals surface area contributed by atoms with Crippen molar-refractivity contribution >= 4 is 17.2 Å². The molecular weight excluding hydrogens is 306 g/mol. The molecule has 0 aliphatic carbocycles. The van der Waals surface area contributed by atoms with E-state index in [-0.39, 0.29) is 18.6 Å². The highest BCUT2D eigenvalue weighted by atomic mass is 32.1. The van der Waals surface area contributed by atoms with Crippen molar-refractivity contribution in [2.45, 2.75) is 32.9 Å². The zero-order valence-electron chi connectivity index (χ0n) is 12.6. The topological polar surface area (TPSA) is 86.4 Å². The lowest BCUT2D eigenvalue weighted by Crippen LogP contribution is -2.32. The Hall–Kier alpha value is -1.93. The van der Waals surface area contributed by atoms with Crippen molar-refractivity contribution in [3.05, 3.63) is 28.1 Å². The Balaban J connectivity index is 1.87. The molecule has 0 fully saturated rings. The monoisotopic (exact) mass is 325 g/mol. The molecule has 7 nitrogen and oxygen atoms in total. The van der Waals surface area contributed by atoms with E-state index < -0.39 is 5.76 Å². The summed E-state index contributed by atoms with van der Waals surface area (Å²) in [6, 6.07) is 3.66. The molecule has 1 amide bonds. The Morgan fingerprint density at radius 2 is 2.36 bits per heavy atom. The number of carbonyl (C=O) groups excluding carboxylic acids is 1. The normalized spacial score (nSPS) is 11.0. The smallest absolute Gasteiger partial charge is 0.379 e. The van der Waals surface area contributed by atoms with Crippen molar-refractivity contribution in [2.75, 3.05) is 13.2 Å². The van der Waals surface area contributed by atoms with Gasteiger partial charge in [0.05, 0.1) is 11.0 Å². The van der Waals surface area contributed by atoms with Gasteiger partial charge in [0, 0.05) is 13.2 Å². The van der Waals surface area contributed by atoms with E-state index in [1.54, 1.807) is 0 Å². The maximum absolute atomic E-state index is 11.9. The molecule has 2 heterocycles. The van der Waals surface area contributed by atoms with Gasteiger partial charge in [-0.2, -0.15) is 0 Å². The fourth-order valence-corrected chi connectivity index (χ4v) is 2.52. The van der Waals surface area contributed by atoms with E-state index >= 15 is 0 Å². The van der Waals surface area contributed by atoms with Crippen LogP contribution in [-0.2, 0) is 16.1 Å². The second-order valence-corrected chi connectivity index (χ2v) is 5.91. The summed E-state index contributed by atoms with van der Waals surface area (Å²) in [5.41, 5.74) is 0. The van der Waals surface area contributed by atoms with Crippen LogP contribution in [0.2, 0.25) is 0 Å². The Morgan fingerprint density at radius 3 is 3.05 bits per heavy atom. The van der Waals surface area contributed by atoms with E-state index in [9.17, 15) is 9.59 Å². The average Bonchev–Trinajstić information content (AvgIpc) is 3.09. The highest BCUT2D eigenvalue weighted by Crippen LogP contribution is 2.21. The molecule has 0 aliphatic heterocycles. The van der Waals surface area contributed by atoms with Crippen LogP contribution in [0.25, 0.3) is 10.7 Å². The lowest BCUT2D eigenvalue weighted by Gasteiger charge is -2.08. The molecule has 22 heavy (non-hydrogen) atoms. The molecule has 2 aromatic rings. The van der Waals surface area contributed by atoms with Crippen LogP contribution >= 0.6 is 11.3 Å². The molecule has 8 heteroatoms. The summed E-state index contributed by atoms with van der Waals surface area (Å²) in [6.45, 7) is 4.90. The van der Waals surface area contributed by atoms with Crippen molar-refractivity contribution in [1.82, 2.24) is 15.0 Å². The Morgan fingerprint density at radius 1 is 1.55 bits per heavy atom. The maximum Gasteiger partial charge on any atom is 0.442 e. The molecule has 1 N–H and O–H groups in total. The van der Waals surface area contributed by atoms with Gasteiger partial charge in [-0.1, -0.05) is 11.2 Å². The van der Waals surface area contributed by atoms with Crippen molar-refractivity contribution in [1.29, 1.82) is 0 Å². The number of nitrogens with one attached hydrogen (secondary N) is 1. The number of rotatable bonds is 8. The van der Waals surface area contributed by atoms with E-state index in [1.807, 2.05) is 31.4 Å². The number of thiophene rings is 1. The zero-order valence-corrected chi connectivity index (χ0v) is 13.4. The minimum atomic E-state index is -0.637. The first kappa shape index (κ1) is 16.4. The standard InChI is InChI=1S/C14H19N3O4S/c1-10(2)20-7-4-6-15-12(18)9-17-13(16-21-14(17)19)11-5-3-8-22-11/h3,5,8,10H,4,6-7,9H2,1-2H3,(H,15,18). The predicted octanol–water partition coefficient (Wildman–Crippen LogP) is 1.50. The molecule has 0 saturated carbocycles. The Kier molecular flexibility index (Phi) is 5.91. The minimum Gasteiger partial charge on any atom is -0.379 e. The van der Waals surface area contributed by atoms with Crippen LogP contribution in [0.1, 0.15) is 20.3 Å². The number of ether oxygens (including phenoxy) is 1. The van der Waals surface area contributed by atoms with Gasteiger partial charge in [-0.15, -0.1) is 11.3 Å². The highest BCUT2D eigenvalue weighted by Gasteiger charge is 2.16. The lowest BCUT2D eigenvalue weighted by molar-refractivity contribution is -0.121. The summed E-state index contributed by atoms with van der Waals surface area (Å²) in [5, 5.41) is 8.34. The van der Waals surface area contributed by atoms with Gasteiger partial charge in [0.15, 0.2) is 5.82 Å². The second kappa shape index (κ2) is 7.90. The molecule has 0 radical (unpaired) electrons. The fraction of sp³-hybridized carbons (Fsp3) is 0.500.